The van der Waals surface area contributed by atoms with Crippen LogP contribution < -0.4 is 10.6 Å². The highest BCUT2D eigenvalue weighted by molar-refractivity contribution is 5.90. The molecule has 3 rings (SSSR count). The van der Waals surface area contributed by atoms with Crippen molar-refractivity contribution in [3.63, 3.8) is 0 Å². The van der Waals surface area contributed by atoms with Gasteiger partial charge in [-0.3, -0.25) is 4.79 Å². The number of hydrogen-bond acceptors (Lipinski definition) is 2. The lowest BCUT2D eigenvalue weighted by Gasteiger charge is -2.32. The number of urea groups is 1. The Bertz CT molecular complexity index is 810. The second-order valence-corrected chi connectivity index (χ2v) is 6.88. The van der Waals surface area contributed by atoms with Crippen LogP contribution in [0.4, 0.5) is 14.9 Å². The lowest BCUT2D eigenvalue weighted by molar-refractivity contribution is -0.126. The van der Waals surface area contributed by atoms with Gasteiger partial charge in [0.25, 0.3) is 0 Å². The summed E-state index contributed by atoms with van der Waals surface area (Å²) in [6, 6.07) is 14.0. The van der Waals surface area contributed by atoms with E-state index < -0.39 is 0 Å². The highest BCUT2D eigenvalue weighted by atomic mass is 19.1. The molecule has 0 aliphatic carbocycles. The maximum Gasteiger partial charge on any atom is 0.321 e. The van der Waals surface area contributed by atoms with Gasteiger partial charge < -0.3 is 15.5 Å². The fourth-order valence-corrected chi connectivity index (χ4v) is 3.18. The lowest BCUT2D eigenvalue weighted by atomic mass is 9.97. The normalized spacial score (nSPS) is 16.7. The van der Waals surface area contributed by atoms with Crippen LogP contribution in [0.25, 0.3) is 0 Å². The molecule has 0 spiro atoms. The second kappa shape index (κ2) is 8.66. The SMILES string of the molecule is Cc1ccc(CNC(=O)C2CCCN(C(=O)Nc3ccccc3)C2)cc1F. The average Bonchev–Trinajstić information content (AvgIpc) is 2.69. The molecule has 1 aliphatic heterocycles. The number of anilines is 1. The van der Waals surface area contributed by atoms with Crippen molar-refractivity contribution in [3.05, 3.63) is 65.5 Å². The molecule has 1 unspecified atom stereocenters. The smallest absolute Gasteiger partial charge is 0.321 e. The molecule has 2 N–H and O–H groups in total. The van der Waals surface area contributed by atoms with Crippen LogP contribution in [0.5, 0.6) is 0 Å². The highest BCUT2D eigenvalue weighted by Gasteiger charge is 2.28. The van der Waals surface area contributed by atoms with Gasteiger partial charge in [-0.2, -0.15) is 0 Å². The zero-order chi connectivity index (χ0) is 19.2. The van der Waals surface area contributed by atoms with Crippen LogP contribution in [0.1, 0.15) is 24.0 Å². The Kier molecular flexibility index (Phi) is 6.06. The summed E-state index contributed by atoms with van der Waals surface area (Å²) in [6.45, 7) is 3.00. The van der Waals surface area contributed by atoms with E-state index in [9.17, 15) is 14.0 Å². The van der Waals surface area contributed by atoms with Crippen molar-refractivity contribution in [1.29, 1.82) is 0 Å². The maximum absolute atomic E-state index is 13.6. The van der Waals surface area contributed by atoms with Gasteiger partial charge in [-0.25, -0.2) is 9.18 Å². The Morgan fingerprint density at radius 2 is 1.96 bits per heavy atom. The molecule has 142 valence electrons. The Hall–Kier alpha value is -2.89. The predicted octanol–water partition coefficient (Wildman–Crippen LogP) is 3.69. The molecule has 1 aliphatic rings. The summed E-state index contributed by atoms with van der Waals surface area (Å²) in [5.41, 5.74) is 2.04. The van der Waals surface area contributed by atoms with E-state index in [1.54, 1.807) is 24.0 Å². The summed E-state index contributed by atoms with van der Waals surface area (Å²) in [6.07, 6.45) is 1.52. The second-order valence-electron chi connectivity index (χ2n) is 6.88. The van der Waals surface area contributed by atoms with Crippen molar-refractivity contribution in [2.75, 3.05) is 18.4 Å². The molecule has 3 amide bonds. The van der Waals surface area contributed by atoms with Crippen molar-refractivity contribution in [3.8, 4) is 0 Å². The predicted molar refractivity (Wildman–Crippen MR) is 103 cm³/mol. The minimum absolute atomic E-state index is 0.104. The van der Waals surface area contributed by atoms with E-state index in [4.69, 9.17) is 0 Å². The van der Waals surface area contributed by atoms with Gasteiger partial charge in [0.05, 0.1) is 5.92 Å². The number of piperidine rings is 1. The molecule has 1 fully saturated rings. The molecular weight excluding hydrogens is 345 g/mol. The first-order valence-electron chi connectivity index (χ1n) is 9.16. The zero-order valence-electron chi connectivity index (χ0n) is 15.4. The number of halogens is 1. The van der Waals surface area contributed by atoms with Crippen molar-refractivity contribution in [2.45, 2.75) is 26.3 Å². The third kappa shape index (κ3) is 5.06. The first-order valence-corrected chi connectivity index (χ1v) is 9.16. The summed E-state index contributed by atoms with van der Waals surface area (Å²) in [5, 5.41) is 5.71. The Morgan fingerprint density at radius 3 is 2.70 bits per heavy atom. The van der Waals surface area contributed by atoms with Gasteiger partial charge in [0, 0.05) is 25.3 Å². The molecule has 1 saturated heterocycles. The van der Waals surface area contributed by atoms with E-state index in [1.807, 2.05) is 30.3 Å². The molecular formula is C21H24FN3O2. The molecule has 1 atom stereocenters. The quantitative estimate of drug-likeness (QED) is 0.863. The maximum atomic E-state index is 13.6. The lowest BCUT2D eigenvalue weighted by Crippen LogP contribution is -2.46. The van der Waals surface area contributed by atoms with Crippen LogP contribution in [0.3, 0.4) is 0 Å². The van der Waals surface area contributed by atoms with Crippen LogP contribution in [0, 0.1) is 18.7 Å². The number of aryl methyl sites for hydroxylation is 1. The van der Waals surface area contributed by atoms with Crippen molar-refractivity contribution < 1.29 is 14.0 Å². The van der Waals surface area contributed by atoms with Gasteiger partial charge in [-0.05, 0) is 49.1 Å². The van der Waals surface area contributed by atoms with Gasteiger partial charge in [-0.1, -0.05) is 30.3 Å². The Balaban J connectivity index is 1.52. The number of rotatable bonds is 4. The fourth-order valence-electron chi connectivity index (χ4n) is 3.18. The Morgan fingerprint density at radius 1 is 1.19 bits per heavy atom. The van der Waals surface area contributed by atoms with Crippen molar-refractivity contribution >= 4 is 17.6 Å². The number of nitrogens with one attached hydrogen (secondary N) is 2. The van der Waals surface area contributed by atoms with Crippen LogP contribution >= 0.6 is 0 Å². The molecule has 2 aromatic rings. The average molecular weight is 369 g/mol. The van der Waals surface area contributed by atoms with E-state index in [0.29, 0.717) is 18.7 Å². The summed E-state index contributed by atoms with van der Waals surface area (Å²) >= 11 is 0. The number of nitrogens with zero attached hydrogens (tertiary/aromatic N) is 1. The third-order valence-electron chi connectivity index (χ3n) is 4.81. The monoisotopic (exact) mass is 369 g/mol. The van der Waals surface area contributed by atoms with Crippen molar-refractivity contribution in [2.24, 2.45) is 5.92 Å². The fraction of sp³-hybridized carbons (Fsp3) is 0.333. The number of amides is 3. The molecule has 5 nitrogen and oxygen atoms in total. The van der Waals surface area contributed by atoms with Gasteiger partial charge in [0.1, 0.15) is 5.82 Å². The minimum Gasteiger partial charge on any atom is -0.352 e. The van der Waals surface area contributed by atoms with E-state index in [-0.39, 0.29) is 30.2 Å². The van der Waals surface area contributed by atoms with Crippen LogP contribution in [-0.2, 0) is 11.3 Å². The summed E-state index contributed by atoms with van der Waals surface area (Å²) in [4.78, 5) is 26.6. The number of para-hydroxylation sites is 1. The van der Waals surface area contributed by atoms with Crippen LogP contribution in [0.2, 0.25) is 0 Å². The molecule has 0 radical (unpaired) electrons. The van der Waals surface area contributed by atoms with Gasteiger partial charge in [0.2, 0.25) is 5.91 Å². The molecule has 0 saturated carbocycles. The molecule has 6 heteroatoms. The van der Waals surface area contributed by atoms with E-state index in [0.717, 1.165) is 24.1 Å². The molecule has 27 heavy (non-hydrogen) atoms. The standard InChI is InChI=1S/C21H24FN3O2/c1-15-9-10-16(12-19(15)22)13-23-20(26)17-6-5-11-25(14-17)21(27)24-18-7-3-2-4-8-18/h2-4,7-10,12,17H,5-6,11,13-14H2,1H3,(H,23,26)(H,24,27). The molecule has 2 aromatic carbocycles. The van der Waals surface area contributed by atoms with E-state index in [2.05, 4.69) is 10.6 Å². The largest absolute Gasteiger partial charge is 0.352 e. The third-order valence-corrected chi connectivity index (χ3v) is 4.81. The van der Waals surface area contributed by atoms with Crippen molar-refractivity contribution in [1.82, 2.24) is 10.2 Å². The Labute approximate surface area is 158 Å². The first kappa shape index (κ1) is 18.9. The molecule has 0 aromatic heterocycles. The number of hydrogen-bond donors (Lipinski definition) is 2. The van der Waals surface area contributed by atoms with Gasteiger partial charge >= 0.3 is 6.03 Å². The number of carbonyl (C=O) groups is 2. The van der Waals surface area contributed by atoms with Gasteiger partial charge in [0.15, 0.2) is 0 Å². The molecule has 0 bridgehead atoms. The highest BCUT2D eigenvalue weighted by Crippen LogP contribution is 2.18. The number of likely N-dealkylation sites (tertiary alicyclic amines) is 1. The van der Waals surface area contributed by atoms with Crippen LogP contribution in [-0.4, -0.2) is 29.9 Å². The number of benzene rings is 2. The van der Waals surface area contributed by atoms with E-state index >= 15 is 0 Å². The summed E-state index contributed by atoms with van der Waals surface area (Å²) in [7, 11) is 0. The first-order chi connectivity index (χ1) is 13.0. The van der Waals surface area contributed by atoms with Crippen LogP contribution in [0.15, 0.2) is 48.5 Å². The molecule has 1 heterocycles. The van der Waals surface area contributed by atoms with E-state index in [1.165, 1.54) is 6.07 Å². The van der Waals surface area contributed by atoms with Gasteiger partial charge in [-0.15, -0.1) is 0 Å². The topological polar surface area (TPSA) is 61.4 Å². The summed E-state index contributed by atoms with van der Waals surface area (Å²) in [5.74, 6) is -0.632. The zero-order valence-corrected chi connectivity index (χ0v) is 15.4. The number of carbonyl (C=O) groups excluding carboxylic acids is 2. The summed E-state index contributed by atoms with van der Waals surface area (Å²) < 4.78 is 13.6. The minimum atomic E-state index is -0.275.